The van der Waals surface area contributed by atoms with Gasteiger partial charge in [0, 0.05) is 4.47 Å². The van der Waals surface area contributed by atoms with Crippen LogP contribution in [0.15, 0.2) is 28.7 Å². The van der Waals surface area contributed by atoms with Gasteiger partial charge in [-0.15, -0.1) is 0 Å². The predicted octanol–water partition coefficient (Wildman–Crippen LogP) is 2.76. The Morgan fingerprint density at radius 2 is 2.25 bits per heavy atom. The standard InChI is InChI=1S/C10H11BrO/c1-8-4-5-9(3-2-6-12)7-10(8)11/h2-5,7,12H,6H2,1H3. The fourth-order valence-corrected chi connectivity index (χ4v) is 1.30. The molecule has 0 unspecified atom stereocenters. The highest BCUT2D eigenvalue weighted by Gasteiger charge is 1.93. The van der Waals surface area contributed by atoms with Gasteiger partial charge in [-0.05, 0) is 24.1 Å². The van der Waals surface area contributed by atoms with E-state index in [0.717, 1.165) is 10.0 Å². The van der Waals surface area contributed by atoms with E-state index in [9.17, 15) is 0 Å². The lowest BCUT2D eigenvalue weighted by molar-refractivity contribution is 0.343. The predicted molar refractivity (Wildman–Crippen MR) is 55.0 cm³/mol. The van der Waals surface area contributed by atoms with Crippen molar-refractivity contribution in [3.05, 3.63) is 39.9 Å². The normalized spacial score (nSPS) is 10.9. The van der Waals surface area contributed by atoms with E-state index < -0.39 is 0 Å². The molecule has 64 valence electrons. The Bertz CT molecular complexity index is 292. The van der Waals surface area contributed by atoms with Gasteiger partial charge >= 0.3 is 0 Å². The molecule has 0 saturated heterocycles. The van der Waals surface area contributed by atoms with Crippen molar-refractivity contribution in [1.29, 1.82) is 0 Å². The first-order valence-corrected chi connectivity index (χ1v) is 4.57. The first-order chi connectivity index (χ1) is 5.74. The molecule has 0 aliphatic rings. The Hall–Kier alpha value is -0.600. The molecule has 0 aliphatic carbocycles. The zero-order valence-corrected chi connectivity index (χ0v) is 8.51. The molecule has 1 nitrogen and oxygen atoms in total. The number of hydrogen-bond acceptors (Lipinski definition) is 1. The smallest absolute Gasteiger partial charge is 0.0615 e. The lowest BCUT2D eigenvalue weighted by Crippen LogP contribution is -1.78. The van der Waals surface area contributed by atoms with E-state index in [-0.39, 0.29) is 6.61 Å². The summed E-state index contributed by atoms with van der Waals surface area (Å²) in [6.45, 7) is 2.13. The highest BCUT2D eigenvalue weighted by Crippen LogP contribution is 2.17. The van der Waals surface area contributed by atoms with Crippen molar-refractivity contribution < 1.29 is 5.11 Å². The topological polar surface area (TPSA) is 20.2 Å². The zero-order valence-electron chi connectivity index (χ0n) is 6.92. The first kappa shape index (κ1) is 9.49. The van der Waals surface area contributed by atoms with Crippen LogP contribution in [0.25, 0.3) is 6.08 Å². The summed E-state index contributed by atoms with van der Waals surface area (Å²) in [7, 11) is 0. The largest absolute Gasteiger partial charge is 0.392 e. The minimum Gasteiger partial charge on any atom is -0.392 e. The molecule has 0 atom stereocenters. The summed E-state index contributed by atoms with van der Waals surface area (Å²) in [5, 5.41) is 8.55. The second-order valence-electron chi connectivity index (χ2n) is 2.59. The van der Waals surface area contributed by atoms with Crippen LogP contribution in [0, 0.1) is 6.92 Å². The summed E-state index contributed by atoms with van der Waals surface area (Å²) in [5.74, 6) is 0. The SMILES string of the molecule is Cc1ccc(C=CCO)cc1Br. The molecule has 0 aromatic heterocycles. The summed E-state index contributed by atoms with van der Waals surface area (Å²) in [6, 6.07) is 6.09. The van der Waals surface area contributed by atoms with Crippen LogP contribution in [-0.2, 0) is 0 Å². The monoisotopic (exact) mass is 226 g/mol. The van der Waals surface area contributed by atoms with Gasteiger partial charge in [0.25, 0.3) is 0 Å². The number of rotatable bonds is 2. The van der Waals surface area contributed by atoms with Crippen molar-refractivity contribution in [3.8, 4) is 0 Å². The third-order valence-electron chi connectivity index (χ3n) is 1.61. The van der Waals surface area contributed by atoms with Crippen LogP contribution >= 0.6 is 15.9 Å². The molecular formula is C10H11BrO. The Kier molecular flexibility index (Phi) is 3.50. The van der Waals surface area contributed by atoms with Crippen molar-refractivity contribution in [2.75, 3.05) is 6.61 Å². The lowest BCUT2D eigenvalue weighted by atomic mass is 10.1. The van der Waals surface area contributed by atoms with Crippen molar-refractivity contribution in [2.45, 2.75) is 6.92 Å². The van der Waals surface area contributed by atoms with Gasteiger partial charge in [0.15, 0.2) is 0 Å². The summed E-state index contributed by atoms with van der Waals surface area (Å²) in [6.07, 6.45) is 3.61. The van der Waals surface area contributed by atoms with E-state index in [1.807, 2.05) is 31.2 Å². The number of aliphatic hydroxyl groups is 1. The third kappa shape index (κ3) is 2.47. The molecule has 2 heteroatoms. The molecule has 1 N–H and O–H groups in total. The first-order valence-electron chi connectivity index (χ1n) is 3.77. The highest BCUT2D eigenvalue weighted by molar-refractivity contribution is 9.10. The fourth-order valence-electron chi connectivity index (χ4n) is 0.902. The van der Waals surface area contributed by atoms with Crippen LogP contribution in [-0.4, -0.2) is 11.7 Å². The number of aliphatic hydroxyl groups excluding tert-OH is 1. The molecule has 0 fully saturated rings. The van der Waals surface area contributed by atoms with Crippen molar-refractivity contribution in [2.24, 2.45) is 0 Å². The minimum absolute atomic E-state index is 0.0888. The van der Waals surface area contributed by atoms with Crippen LogP contribution in [0.1, 0.15) is 11.1 Å². The Labute approximate surface area is 80.9 Å². The van der Waals surface area contributed by atoms with Gasteiger partial charge in [-0.2, -0.15) is 0 Å². The molecule has 0 bridgehead atoms. The van der Waals surface area contributed by atoms with Crippen LogP contribution in [0.5, 0.6) is 0 Å². The lowest BCUT2D eigenvalue weighted by Gasteiger charge is -1.98. The third-order valence-corrected chi connectivity index (χ3v) is 2.47. The summed E-state index contributed by atoms with van der Waals surface area (Å²) < 4.78 is 1.10. The van der Waals surface area contributed by atoms with Gasteiger partial charge in [-0.25, -0.2) is 0 Å². The molecule has 1 aromatic rings. The number of hydrogen-bond donors (Lipinski definition) is 1. The second-order valence-corrected chi connectivity index (χ2v) is 3.45. The Balaban J connectivity index is 2.89. The number of benzene rings is 1. The Morgan fingerprint density at radius 3 is 2.83 bits per heavy atom. The highest BCUT2D eigenvalue weighted by atomic mass is 79.9. The van der Waals surface area contributed by atoms with Crippen molar-refractivity contribution in [3.63, 3.8) is 0 Å². The fraction of sp³-hybridized carbons (Fsp3) is 0.200. The van der Waals surface area contributed by atoms with Gasteiger partial charge in [0.05, 0.1) is 6.61 Å². The van der Waals surface area contributed by atoms with Gasteiger partial charge in [-0.3, -0.25) is 0 Å². The van der Waals surface area contributed by atoms with Gasteiger partial charge in [0.2, 0.25) is 0 Å². The summed E-state index contributed by atoms with van der Waals surface area (Å²) in [4.78, 5) is 0. The molecule has 0 amide bonds. The van der Waals surface area contributed by atoms with Crippen molar-refractivity contribution >= 4 is 22.0 Å². The zero-order chi connectivity index (χ0) is 8.97. The maximum absolute atomic E-state index is 8.55. The van der Waals surface area contributed by atoms with Crippen molar-refractivity contribution in [1.82, 2.24) is 0 Å². The molecular weight excluding hydrogens is 216 g/mol. The van der Waals surface area contributed by atoms with Gasteiger partial charge < -0.3 is 5.11 Å². The second kappa shape index (κ2) is 4.43. The average molecular weight is 227 g/mol. The molecule has 0 radical (unpaired) electrons. The van der Waals surface area contributed by atoms with E-state index in [1.165, 1.54) is 5.56 Å². The molecule has 12 heavy (non-hydrogen) atoms. The average Bonchev–Trinajstić information content (AvgIpc) is 2.07. The van der Waals surface area contributed by atoms with Crippen LogP contribution in [0.3, 0.4) is 0 Å². The molecule has 1 aromatic carbocycles. The number of aryl methyl sites for hydroxylation is 1. The Morgan fingerprint density at radius 1 is 1.50 bits per heavy atom. The summed E-state index contributed by atoms with van der Waals surface area (Å²) >= 11 is 3.44. The molecule has 0 heterocycles. The van der Waals surface area contributed by atoms with E-state index in [0.29, 0.717) is 0 Å². The van der Waals surface area contributed by atoms with E-state index >= 15 is 0 Å². The van der Waals surface area contributed by atoms with E-state index in [2.05, 4.69) is 15.9 Å². The minimum atomic E-state index is 0.0888. The molecule has 0 aliphatic heterocycles. The van der Waals surface area contributed by atoms with Crippen LogP contribution in [0.2, 0.25) is 0 Å². The van der Waals surface area contributed by atoms with Crippen LogP contribution < -0.4 is 0 Å². The van der Waals surface area contributed by atoms with E-state index in [4.69, 9.17) is 5.11 Å². The quantitative estimate of drug-likeness (QED) is 0.823. The van der Waals surface area contributed by atoms with Gasteiger partial charge in [0.1, 0.15) is 0 Å². The molecule has 0 saturated carbocycles. The van der Waals surface area contributed by atoms with Gasteiger partial charge in [-0.1, -0.05) is 40.2 Å². The number of halogens is 1. The maximum atomic E-state index is 8.55. The maximum Gasteiger partial charge on any atom is 0.0615 e. The van der Waals surface area contributed by atoms with E-state index in [1.54, 1.807) is 6.08 Å². The van der Waals surface area contributed by atoms with Crippen LogP contribution in [0.4, 0.5) is 0 Å². The summed E-state index contributed by atoms with van der Waals surface area (Å²) in [5.41, 5.74) is 2.32. The molecule has 1 rings (SSSR count). The molecule has 0 spiro atoms.